The molecule has 0 saturated carbocycles. The fraction of sp³-hybridized carbons (Fsp3) is 0.533. The van der Waals surface area contributed by atoms with Crippen LogP contribution in [0.4, 0.5) is 11.4 Å². The van der Waals surface area contributed by atoms with Gasteiger partial charge in [0.05, 0.1) is 23.6 Å². The van der Waals surface area contributed by atoms with Crippen LogP contribution in [0.25, 0.3) is 0 Å². The summed E-state index contributed by atoms with van der Waals surface area (Å²) in [6.07, 6.45) is 0. The SMILES string of the molecule is CCOCCN(C1=NC(C)(C)CO1)c1ccc([N+](=O)[O-])cc1. The van der Waals surface area contributed by atoms with E-state index in [1.54, 1.807) is 12.1 Å². The summed E-state index contributed by atoms with van der Waals surface area (Å²) >= 11 is 0. The van der Waals surface area contributed by atoms with E-state index in [9.17, 15) is 10.1 Å². The lowest BCUT2D eigenvalue weighted by Crippen LogP contribution is -2.34. The van der Waals surface area contributed by atoms with E-state index in [0.717, 1.165) is 5.69 Å². The van der Waals surface area contributed by atoms with Gasteiger partial charge in [0, 0.05) is 24.4 Å². The van der Waals surface area contributed by atoms with E-state index in [2.05, 4.69) is 4.99 Å². The van der Waals surface area contributed by atoms with Gasteiger partial charge in [-0.3, -0.25) is 15.0 Å². The van der Waals surface area contributed by atoms with E-state index in [1.165, 1.54) is 12.1 Å². The van der Waals surface area contributed by atoms with Crippen LogP contribution in [-0.2, 0) is 9.47 Å². The van der Waals surface area contributed by atoms with Crippen LogP contribution in [0.15, 0.2) is 29.3 Å². The lowest BCUT2D eigenvalue weighted by atomic mass is 10.1. The molecule has 0 radical (unpaired) electrons. The molecule has 0 N–H and O–H groups in total. The molecular weight excluding hydrogens is 286 g/mol. The summed E-state index contributed by atoms with van der Waals surface area (Å²) in [5.74, 6) is 0. The van der Waals surface area contributed by atoms with Gasteiger partial charge in [-0.2, -0.15) is 0 Å². The molecule has 7 nitrogen and oxygen atoms in total. The summed E-state index contributed by atoms with van der Waals surface area (Å²) in [7, 11) is 0. The van der Waals surface area contributed by atoms with Gasteiger partial charge in [-0.25, -0.2) is 4.99 Å². The number of anilines is 1. The van der Waals surface area contributed by atoms with Crippen LogP contribution in [0.1, 0.15) is 20.8 Å². The molecule has 0 saturated heterocycles. The van der Waals surface area contributed by atoms with Crippen LogP contribution in [-0.4, -0.2) is 42.8 Å². The third-order valence-electron chi connectivity index (χ3n) is 3.22. The molecule has 7 heteroatoms. The molecule has 0 aliphatic carbocycles. The number of nitro groups is 1. The summed E-state index contributed by atoms with van der Waals surface area (Å²) < 4.78 is 11.1. The van der Waals surface area contributed by atoms with Crippen molar-refractivity contribution >= 4 is 17.4 Å². The molecule has 1 aliphatic heterocycles. The molecule has 2 rings (SSSR count). The smallest absolute Gasteiger partial charge is 0.292 e. The predicted molar refractivity (Wildman–Crippen MR) is 84.4 cm³/mol. The number of aliphatic imine (C=N–C) groups is 1. The Hall–Kier alpha value is -2.15. The van der Waals surface area contributed by atoms with Crippen LogP contribution in [0.5, 0.6) is 0 Å². The lowest BCUT2D eigenvalue weighted by molar-refractivity contribution is -0.384. The van der Waals surface area contributed by atoms with Crippen molar-refractivity contribution < 1.29 is 14.4 Å². The molecular formula is C15H21N3O4. The van der Waals surface area contributed by atoms with Gasteiger partial charge in [-0.1, -0.05) is 0 Å². The van der Waals surface area contributed by atoms with E-state index in [4.69, 9.17) is 9.47 Å². The van der Waals surface area contributed by atoms with Crippen molar-refractivity contribution in [3.63, 3.8) is 0 Å². The van der Waals surface area contributed by atoms with E-state index >= 15 is 0 Å². The number of hydrogen-bond donors (Lipinski definition) is 0. The van der Waals surface area contributed by atoms with Gasteiger partial charge in [0.2, 0.25) is 0 Å². The highest BCUT2D eigenvalue weighted by Gasteiger charge is 2.30. The number of benzene rings is 1. The minimum absolute atomic E-state index is 0.0584. The zero-order chi connectivity index (χ0) is 16.2. The molecule has 0 amide bonds. The summed E-state index contributed by atoms with van der Waals surface area (Å²) in [5, 5.41) is 10.8. The minimum atomic E-state index is -0.416. The molecule has 120 valence electrons. The topological polar surface area (TPSA) is 77.2 Å². The number of nitrogens with zero attached hydrogens (tertiary/aromatic N) is 3. The second kappa shape index (κ2) is 6.74. The summed E-state index contributed by atoms with van der Waals surface area (Å²) in [6, 6.07) is 6.87. The van der Waals surface area contributed by atoms with Gasteiger partial charge in [-0.15, -0.1) is 0 Å². The highest BCUT2D eigenvalue weighted by atomic mass is 16.6. The largest absolute Gasteiger partial charge is 0.462 e. The molecule has 1 aromatic rings. The highest BCUT2D eigenvalue weighted by molar-refractivity contribution is 5.93. The number of ether oxygens (including phenoxy) is 2. The van der Waals surface area contributed by atoms with Crippen molar-refractivity contribution in [2.24, 2.45) is 4.99 Å². The zero-order valence-corrected chi connectivity index (χ0v) is 13.1. The van der Waals surface area contributed by atoms with Crippen molar-refractivity contribution in [1.29, 1.82) is 0 Å². The highest BCUT2D eigenvalue weighted by Crippen LogP contribution is 2.24. The molecule has 1 aliphatic rings. The molecule has 0 bridgehead atoms. The number of amidine groups is 1. The van der Waals surface area contributed by atoms with Crippen LogP contribution < -0.4 is 4.90 Å². The van der Waals surface area contributed by atoms with Crippen molar-refractivity contribution in [3.8, 4) is 0 Å². The monoisotopic (exact) mass is 307 g/mol. The molecule has 0 fully saturated rings. The standard InChI is InChI=1S/C15H21N3O4/c1-4-21-10-9-17(14-16-15(2,3)11-22-14)12-5-7-13(8-6-12)18(19)20/h5-8H,4,9-11H2,1-3H3. The number of hydrogen-bond acceptors (Lipinski definition) is 6. The number of rotatable bonds is 6. The maximum atomic E-state index is 10.8. The Morgan fingerprint density at radius 3 is 2.59 bits per heavy atom. The molecule has 0 atom stereocenters. The average molecular weight is 307 g/mol. The van der Waals surface area contributed by atoms with Crippen molar-refractivity contribution in [2.75, 3.05) is 31.3 Å². The summed E-state index contributed by atoms with van der Waals surface area (Å²) in [6.45, 7) is 8.17. The quantitative estimate of drug-likeness (QED) is 0.458. The zero-order valence-electron chi connectivity index (χ0n) is 13.1. The Balaban J connectivity index is 2.22. The van der Waals surface area contributed by atoms with Crippen LogP contribution in [0, 0.1) is 10.1 Å². The summed E-state index contributed by atoms with van der Waals surface area (Å²) in [4.78, 5) is 16.8. The minimum Gasteiger partial charge on any atom is -0.462 e. The van der Waals surface area contributed by atoms with Crippen molar-refractivity contribution in [1.82, 2.24) is 0 Å². The second-order valence-electron chi connectivity index (χ2n) is 5.62. The molecule has 1 aromatic carbocycles. The van der Waals surface area contributed by atoms with Gasteiger partial charge in [0.1, 0.15) is 6.61 Å². The third-order valence-corrected chi connectivity index (χ3v) is 3.22. The molecule has 0 spiro atoms. The van der Waals surface area contributed by atoms with E-state index < -0.39 is 4.92 Å². The Morgan fingerprint density at radius 1 is 1.41 bits per heavy atom. The van der Waals surface area contributed by atoms with Crippen LogP contribution in [0.3, 0.4) is 0 Å². The fourth-order valence-electron chi connectivity index (χ4n) is 2.09. The first-order chi connectivity index (χ1) is 10.4. The first-order valence-electron chi connectivity index (χ1n) is 7.25. The van der Waals surface area contributed by atoms with E-state index in [0.29, 0.717) is 32.4 Å². The molecule has 0 aromatic heterocycles. The lowest BCUT2D eigenvalue weighted by Gasteiger charge is -2.23. The van der Waals surface area contributed by atoms with Crippen molar-refractivity contribution in [3.05, 3.63) is 34.4 Å². The van der Waals surface area contributed by atoms with Crippen LogP contribution >= 0.6 is 0 Å². The van der Waals surface area contributed by atoms with Gasteiger partial charge in [0.25, 0.3) is 11.7 Å². The Kier molecular flexibility index (Phi) is 4.97. The number of nitro benzene ring substituents is 1. The Bertz CT molecular complexity index is 554. The normalized spacial score (nSPS) is 16.0. The predicted octanol–water partition coefficient (Wildman–Crippen LogP) is 2.60. The molecule has 0 unspecified atom stereocenters. The van der Waals surface area contributed by atoms with Crippen LogP contribution in [0.2, 0.25) is 0 Å². The Labute approximate surface area is 129 Å². The second-order valence-corrected chi connectivity index (χ2v) is 5.62. The summed E-state index contributed by atoms with van der Waals surface area (Å²) in [5.41, 5.74) is 0.588. The first-order valence-corrected chi connectivity index (χ1v) is 7.25. The van der Waals surface area contributed by atoms with Gasteiger partial charge in [0.15, 0.2) is 0 Å². The molecule has 22 heavy (non-hydrogen) atoms. The van der Waals surface area contributed by atoms with Crippen molar-refractivity contribution in [2.45, 2.75) is 26.3 Å². The first kappa shape index (κ1) is 16.2. The van der Waals surface area contributed by atoms with Gasteiger partial charge < -0.3 is 9.47 Å². The number of non-ortho nitro benzene ring substituents is 1. The Morgan fingerprint density at radius 2 is 2.09 bits per heavy atom. The fourth-order valence-corrected chi connectivity index (χ4v) is 2.09. The third kappa shape index (κ3) is 3.94. The van der Waals surface area contributed by atoms with E-state index in [-0.39, 0.29) is 11.2 Å². The maximum absolute atomic E-state index is 10.8. The van der Waals surface area contributed by atoms with Gasteiger partial charge >= 0.3 is 0 Å². The van der Waals surface area contributed by atoms with E-state index in [1.807, 2.05) is 25.7 Å². The average Bonchev–Trinajstić information content (AvgIpc) is 2.84. The van der Waals surface area contributed by atoms with Gasteiger partial charge in [-0.05, 0) is 32.9 Å². The molecule has 1 heterocycles. The maximum Gasteiger partial charge on any atom is 0.292 e.